The van der Waals surface area contributed by atoms with Crippen molar-refractivity contribution in [2.45, 2.75) is 65.1 Å². The lowest BCUT2D eigenvalue weighted by atomic mass is 9.79. The van der Waals surface area contributed by atoms with Crippen LogP contribution in [-0.4, -0.2) is 59.0 Å². The van der Waals surface area contributed by atoms with Gasteiger partial charge in [0.05, 0.1) is 0 Å². The highest BCUT2D eigenvalue weighted by atomic mass is 16.2. The van der Waals surface area contributed by atoms with E-state index in [2.05, 4.69) is 42.0 Å². The smallest absolute Gasteiger partial charge is 0.222 e. The van der Waals surface area contributed by atoms with E-state index in [1.165, 1.54) is 18.5 Å². The molecule has 150 valence electrons. The van der Waals surface area contributed by atoms with E-state index in [0.717, 1.165) is 44.9 Å². The molecule has 5 nitrogen and oxygen atoms in total. The van der Waals surface area contributed by atoms with Gasteiger partial charge in [-0.15, -0.1) is 0 Å². The number of nitrogens with zero attached hydrogens (tertiary/aromatic N) is 3. The van der Waals surface area contributed by atoms with Crippen molar-refractivity contribution < 1.29 is 4.79 Å². The Morgan fingerprint density at radius 2 is 2.26 bits per heavy atom. The first-order valence-corrected chi connectivity index (χ1v) is 10.7. The summed E-state index contributed by atoms with van der Waals surface area (Å²) < 4.78 is 0. The molecule has 2 fully saturated rings. The number of piperidine rings is 2. The maximum Gasteiger partial charge on any atom is 0.222 e. The Morgan fingerprint density at radius 1 is 1.41 bits per heavy atom. The Hall–Kier alpha value is -1.46. The summed E-state index contributed by atoms with van der Waals surface area (Å²) in [5, 5.41) is 3.78. The molecule has 27 heavy (non-hydrogen) atoms. The zero-order valence-electron chi connectivity index (χ0n) is 17.2. The van der Waals surface area contributed by atoms with Crippen LogP contribution in [0.25, 0.3) is 0 Å². The molecule has 0 radical (unpaired) electrons. The number of carbonyl (C=O) groups excluding carboxylic acids is 1. The van der Waals surface area contributed by atoms with Crippen molar-refractivity contribution in [2.24, 2.45) is 11.8 Å². The molecule has 3 heterocycles. The van der Waals surface area contributed by atoms with Crippen molar-refractivity contribution in [2.75, 3.05) is 26.2 Å². The monoisotopic (exact) mass is 372 g/mol. The summed E-state index contributed by atoms with van der Waals surface area (Å²) in [7, 11) is 0. The van der Waals surface area contributed by atoms with Crippen molar-refractivity contribution in [1.29, 1.82) is 0 Å². The second-order valence-electron chi connectivity index (χ2n) is 8.60. The van der Waals surface area contributed by atoms with Gasteiger partial charge in [0.1, 0.15) is 0 Å². The molecular weight excluding hydrogens is 336 g/mol. The van der Waals surface area contributed by atoms with Gasteiger partial charge in [-0.2, -0.15) is 0 Å². The van der Waals surface area contributed by atoms with Crippen LogP contribution in [0.4, 0.5) is 0 Å². The van der Waals surface area contributed by atoms with E-state index < -0.39 is 0 Å². The number of aromatic nitrogens is 1. The topological polar surface area (TPSA) is 48.5 Å². The minimum atomic E-state index is 0.301. The number of hydrogen-bond acceptors (Lipinski definition) is 4. The van der Waals surface area contributed by atoms with E-state index in [-0.39, 0.29) is 0 Å². The second kappa shape index (κ2) is 9.65. The lowest BCUT2D eigenvalue weighted by Crippen LogP contribution is -2.55. The molecule has 0 spiro atoms. The highest BCUT2D eigenvalue weighted by Crippen LogP contribution is 2.31. The quantitative estimate of drug-likeness (QED) is 0.762. The van der Waals surface area contributed by atoms with Gasteiger partial charge in [-0.3, -0.25) is 14.7 Å². The molecule has 0 aromatic carbocycles. The normalized spacial score (nSPS) is 25.6. The largest absolute Gasteiger partial charge is 0.341 e. The summed E-state index contributed by atoms with van der Waals surface area (Å²) in [5.41, 5.74) is 1.31. The van der Waals surface area contributed by atoms with E-state index in [1.54, 1.807) is 0 Å². The fourth-order valence-electron chi connectivity index (χ4n) is 4.94. The second-order valence-corrected chi connectivity index (χ2v) is 8.60. The van der Waals surface area contributed by atoms with Crippen molar-refractivity contribution in [3.8, 4) is 0 Å². The van der Waals surface area contributed by atoms with Crippen LogP contribution in [0.1, 0.15) is 52.0 Å². The number of amides is 1. The molecule has 1 N–H and O–H groups in total. The standard InChI is InChI=1S/C22H36N4O/c1-4-26(17(2)3)22(27)9-5-8-21-20-11-19(13-24-21)15-25(16-20)14-18-7-6-10-23-12-18/h6-7,10,12,17,19-21,24H,4-5,8-9,11,13-16H2,1-3H3/t19?,20?,21-/m1/s1. The van der Waals surface area contributed by atoms with Gasteiger partial charge < -0.3 is 10.2 Å². The summed E-state index contributed by atoms with van der Waals surface area (Å²) in [6, 6.07) is 5.06. The highest BCUT2D eigenvalue weighted by Gasteiger charge is 2.36. The van der Waals surface area contributed by atoms with Crippen LogP contribution in [0.3, 0.4) is 0 Å². The Morgan fingerprint density at radius 3 is 2.96 bits per heavy atom. The van der Waals surface area contributed by atoms with Gasteiger partial charge in [0, 0.05) is 57.1 Å². The van der Waals surface area contributed by atoms with Gasteiger partial charge in [0.15, 0.2) is 0 Å². The van der Waals surface area contributed by atoms with E-state index >= 15 is 0 Å². The van der Waals surface area contributed by atoms with Crippen LogP contribution in [0.15, 0.2) is 24.5 Å². The van der Waals surface area contributed by atoms with Crippen molar-refractivity contribution in [3.63, 3.8) is 0 Å². The molecule has 1 aromatic heterocycles. The van der Waals surface area contributed by atoms with Gasteiger partial charge in [-0.05, 0) is 70.0 Å². The zero-order chi connectivity index (χ0) is 19.2. The number of nitrogens with one attached hydrogen (secondary N) is 1. The summed E-state index contributed by atoms with van der Waals surface area (Å²) in [6.45, 7) is 11.5. The first-order valence-electron chi connectivity index (χ1n) is 10.7. The Bertz CT molecular complexity index is 591. The first kappa shape index (κ1) is 20.3. The molecule has 3 rings (SSSR count). The molecule has 2 unspecified atom stereocenters. The number of rotatable bonds is 8. The van der Waals surface area contributed by atoms with Crippen LogP contribution >= 0.6 is 0 Å². The van der Waals surface area contributed by atoms with E-state index in [9.17, 15) is 4.79 Å². The van der Waals surface area contributed by atoms with Gasteiger partial charge in [-0.1, -0.05) is 6.07 Å². The molecule has 2 aliphatic heterocycles. The maximum atomic E-state index is 12.4. The van der Waals surface area contributed by atoms with Gasteiger partial charge >= 0.3 is 0 Å². The fraction of sp³-hybridized carbons (Fsp3) is 0.727. The SMILES string of the molecule is CCN(C(=O)CCC[C@H]1NCC2CC1CN(Cc1cccnc1)C2)C(C)C. The van der Waals surface area contributed by atoms with Crippen LogP contribution in [-0.2, 0) is 11.3 Å². The average Bonchev–Trinajstić information content (AvgIpc) is 2.64. The molecule has 2 aliphatic rings. The Labute approximate surface area is 164 Å². The molecule has 3 atom stereocenters. The van der Waals surface area contributed by atoms with Crippen molar-refractivity contribution >= 4 is 5.91 Å². The third kappa shape index (κ3) is 5.52. The summed E-state index contributed by atoms with van der Waals surface area (Å²) >= 11 is 0. The van der Waals surface area contributed by atoms with E-state index in [1.807, 2.05) is 23.4 Å². The first-order chi connectivity index (χ1) is 13.1. The number of likely N-dealkylation sites (tertiary alicyclic amines) is 1. The summed E-state index contributed by atoms with van der Waals surface area (Å²) in [5.74, 6) is 1.77. The van der Waals surface area contributed by atoms with Gasteiger partial charge in [0.2, 0.25) is 5.91 Å². The predicted octanol–water partition coefficient (Wildman–Crippen LogP) is 2.92. The third-order valence-electron chi connectivity index (χ3n) is 6.20. The van der Waals surface area contributed by atoms with E-state index in [4.69, 9.17) is 0 Å². The molecule has 2 bridgehead atoms. The fourth-order valence-corrected chi connectivity index (χ4v) is 4.94. The Kier molecular flexibility index (Phi) is 7.25. The third-order valence-corrected chi connectivity index (χ3v) is 6.20. The molecule has 1 amide bonds. The van der Waals surface area contributed by atoms with Crippen LogP contribution in [0, 0.1) is 11.8 Å². The minimum absolute atomic E-state index is 0.301. The van der Waals surface area contributed by atoms with E-state index in [0.29, 0.717) is 30.3 Å². The Balaban J connectivity index is 1.47. The molecule has 0 aliphatic carbocycles. The predicted molar refractivity (Wildman–Crippen MR) is 109 cm³/mol. The molecule has 0 saturated carbocycles. The minimum Gasteiger partial charge on any atom is -0.341 e. The molecule has 5 heteroatoms. The highest BCUT2D eigenvalue weighted by molar-refractivity contribution is 5.76. The van der Waals surface area contributed by atoms with Gasteiger partial charge in [0.25, 0.3) is 0 Å². The van der Waals surface area contributed by atoms with Crippen molar-refractivity contribution in [1.82, 2.24) is 20.1 Å². The number of pyridine rings is 1. The number of fused-ring (bicyclic) bond motifs is 2. The average molecular weight is 373 g/mol. The number of hydrogen-bond donors (Lipinski definition) is 1. The zero-order valence-corrected chi connectivity index (χ0v) is 17.2. The van der Waals surface area contributed by atoms with Crippen molar-refractivity contribution in [3.05, 3.63) is 30.1 Å². The van der Waals surface area contributed by atoms with Crippen LogP contribution in [0.2, 0.25) is 0 Å². The van der Waals surface area contributed by atoms with Gasteiger partial charge in [-0.25, -0.2) is 0 Å². The summed E-state index contributed by atoms with van der Waals surface area (Å²) in [6.07, 6.45) is 7.94. The van der Waals surface area contributed by atoms with Crippen LogP contribution < -0.4 is 5.32 Å². The molecule has 2 saturated heterocycles. The van der Waals surface area contributed by atoms with Crippen LogP contribution in [0.5, 0.6) is 0 Å². The molecular formula is C22H36N4O. The summed E-state index contributed by atoms with van der Waals surface area (Å²) in [4.78, 5) is 21.3. The number of carbonyl (C=O) groups is 1. The molecule has 1 aromatic rings. The lowest BCUT2D eigenvalue weighted by Gasteiger charge is -2.46. The maximum absolute atomic E-state index is 12.4. The lowest BCUT2D eigenvalue weighted by molar-refractivity contribution is -0.132.